The first-order chi connectivity index (χ1) is 9.79. The van der Waals surface area contributed by atoms with Crippen LogP contribution >= 0.6 is 0 Å². The molecule has 4 nitrogen and oxygen atoms in total. The molecule has 0 aromatic heterocycles. The van der Waals surface area contributed by atoms with Crippen molar-refractivity contribution >= 4 is 18.3 Å². The Labute approximate surface area is 112 Å². The monoisotopic (exact) mass is 262 g/mol. The first-order valence-corrected chi connectivity index (χ1v) is 6.40. The van der Waals surface area contributed by atoms with E-state index in [0.717, 1.165) is 38.9 Å². The van der Waals surface area contributed by atoms with Crippen LogP contribution in [0.5, 0.6) is 0 Å². The number of hydrogen-bond acceptors (Lipinski definition) is 4. The maximum absolute atomic E-state index is 11.6. The van der Waals surface area contributed by atoms with E-state index in [1.54, 1.807) is 0 Å². The van der Waals surface area contributed by atoms with E-state index >= 15 is 0 Å². The van der Waals surface area contributed by atoms with Crippen LogP contribution in [-0.2, 0) is 19.8 Å². The van der Waals surface area contributed by atoms with Crippen LogP contribution in [-0.4, -0.2) is 5.97 Å². The van der Waals surface area contributed by atoms with Crippen molar-refractivity contribution in [2.24, 2.45) is 0 Å². The lowest BCUT2D eigenvalue weighted by Gasteiger charge is -2.16. The highest BCUT2D eigenvalue weighted by Gasteiger charge is 2.66. The van der Waals surface area contributed by atoms with Crippen molar-refractivity contribution in [1.82, 2.24) is 0 Å². The lowest BCUT2D eigenvalue weighted by Crippen LogP contribution is -2.37. The molecule has 0 bridgehead atoms. The van der Waals surface area contributed by atoms with Crippen molar-refractivity contribution in [3.63, 3.8) is 0 Å². The lowest BCUT2D eigenvalue weighted by molar-refractivity contribution is 0.0722. The van der Waals surface area contributed by atoms with Crippen LogP contribution in [0.4, 0.5) is 0 Å². The molecule has 3 heterocycles. The van der Waals surface area contributed by atoms with Gasteiger partial charge >= 0.3 is 5.97 Å². The number of hydrogen-bond donors (Lipinski definition) is 0. The maximum Gasteiger partial charge on any atom is 0.343 e. The molecule has 0 N–H and O–H groups in total. The maximum atomic E-state index is 11.6. The number of fused-ring (bicyclic) bond motifs is 4. The van der Waals surface area contributed by atoms with Gasteiger partial charge in [0.25, 0.3) is 0 Å². The SMILES string of the molecule is O=C1OC=c2c1ccc1c2=CC=C2C=C3OC3=C3O[C@@]231. The summed E-state index contributed by atoms with van der Waals surface area (Å²) < 4.78 is 16.3. The van der Waals surface area contributed by atoms with Crippen LogP contribution in [0.1, 0.15) is 15.9 Å². The summed E-state index contributed by atoms with van der Waals surface area (Å²) in [5, 5.41) is 1.83. The highest BCUT2D eigenvalue weighted by atomic mass is 16.6. The molecule has 0 saturated carbocycles. The minimum absolute atomic E-state index is 0.296. The Kier molecular flexibility index (Phi) is 1.13. The van der Waals surface area contributed by atoms with Gasteiger partial charge in [0.15, 0.2) is 11.5 Å². The summed E-state index contributed by atoms with van der Waals surface area (Å²) in [6.07, 6.45) is 7.58. The van der Waals surface area contributed by atoms with E-state index < -0.39 is 5.60 Å². The zero-order valence-electron chi connectivity index (χ0n) is 10.1. The van der Waals surface area contributed by atoms with Crippen molar-refractivity contribution < 1.29 is 19.0 Å². The fourth-order valence-electron chi connectivity index (χ4n) is 3.38. The second kappa shape index (κ2) is 2.45. The molecule has 1 spiro atoms. The van der Waals surface area contributed by atoms with Gasteiger partial charge in [0.1, 0.15) is 6.26 Å². The average molecular weight is 262 g/mol. The van der Waals surface area contributed by atoms with E-state index in [1.165, 1.54) is 6.26 Å². The molecule has 2 fully saturated rings. The van der Waals surface area contributed by atoms with Gasteiger partial charge in [-0.05, 0) is 17.4 Å². The summed E-state index contributed by atoms with van der Waals surface area (Å²) in [6.45, 7) is 0. The Hall–Kier alpha value is -2.75. The molecule has 0 amide bonds. The molecule has 0 unspecified atom stereocenters. The normalized spacial score (nSPS) is 28.7. The van der Waals surface area contributed by atoms with Gasteiger partial charge < -0.3 is 14.2 Å². The Balaban J connectivity index is 1.77. The molecular weight excluding hydrogens is 256 g/mol. The molecule has 94 valence electrons. The van der Waals surface area contributed by atoms with E-state index in [4.69, 9.17) is 14.2 Å². The van der Waals surface area contributed by atoms with Crippen LogP contribution in [0.3, 0.4) is 0 Å². The quantitative estimate of drug-likeness (QED) is 0.509. The van der Waals surface area contributed by atoms with E-state index in [9.17, 15) is 4.79 Å². The Bertz CT molecular complexity index is 990. The average Bonchev–Trinajstić information content (AvgIpc) is 3.32. The molecule has 1 aromatic rings. The second-order valence-corrected chi connectivity index (χ2v) is 5.35. The van der Waals surface area contributed by atoms with E-state index in [-0.39, 0.29) is 5.97 Å². The molecule has 6 rings (SSSR count). The summed E-state index contributed by atoms with van der Waals surface area (Å²) in [7, 11) is 0. The first-order valence-electron chi connectivity index (χ1n) is 6.40. The van der Waals surface area contributed by atoms with Crippen molar-refractivity contribution in [2.75, 3.05) is 0 Å². The molecule has 3 aliphatic heterocycles. The minimum atomic E-state index is -0.492. The molecule has 0 radical (unpaired) electrons. The molecule has 4 heteroatoms. The number of cyclic esters (lactones) is 1. The number of rotatable bonds is 0. The van der Waals surface area contributed by atoms with E-state index in [2.05, 4.69) is 0 Å². The van der Waals surface area contributed by atoms with Crippen molar-refractivity contribution in [3.8, 4) is 0 Å². The van der Waals surface area contributed by atoms with Gasteiger partial charge in [-0.1, -0.05) is 18.2 Å². The molecule has 1 aromatic carbocycles. The molecule has 2 saturated heterocycles. The van der Waals surface area contributed by atoms with Crippen LogP contribution in [0.15, 0.2) is 47.1 Å². The first kappa shape index (κ1) is 9.20. The minimum Gasteiger partial charge on any atom is -0.465 e. The topological polar surface area (TPSA) is 51.4 Å². The van der Waals surface area contributed by atoms with Crippen LogP contribution < -0.4 is 10.4 Å². The van der Waals surface area contributed by atoms with Crippen molar-refractivity contribution in [2.45, 2.75) is 5.60 Å². The smallest absolute Gasteiger partial charge is 0.343 e. The van der Waals surface area contributed by atoms with Crippen LogP contribution in [0, 0.1) is 0 Å². The summed E-state index contributed by atoms with van der Waals surface area (Å²) in [5.41, 5.74) is 2.25. The van der Waals surface area contributed by atoms with Crippen LogP contribution in [0.2, 0.25) is 0 Å². The zero-order valence-corrected chi connectivity index (χ0v) is 10.1. The number of benzene rings is 1. The van der Waals surface area contributed by atoms with Gasteiger partial charge in [-0.15, -0.1) is 0 Å². The number of carbonyl (C=O) groups excluding carboxylic acids is 1. The summed E-state index contributed by atoms with van der Waals surface area (Å²) in [6, 6.07) is 3.76. The summed E-state index contributed by atoms with van der Waals surface area (Å²) in [5.74, 6) is 2.37. The van der Waals surface area contributed by atoms with Gasteiger partial charge in [-0.3, -0.25) is 0 Å². The summed E-state index contributed by atoms with van der Waals surface area (Å²) >= 11 is 0. The Morgan fingerprint density at radius 3 is 3.00 bits per heavy atom. The molecular formula is C16H6O4. The van der Waals surface area contributed by atoms with Crippen molar-refractivity contribution in [1.29, 1.82) is 0 Å². The lowest BCUT2D eigenvalue weighted by atomic mass is 9.82. The zero-order chi connectivity index (χ0) is 13.1. The second-order valence-electron chi connectivity index (χ2n) is 5.35. The van der Waals surface area contributed by atoms with Gasteiger partial charge in [0, 0.05) is 16.4 Å². The number of ether oxygens (including phenoxy) is 3. The van der Waals surface area contributed by atoms with Gasteiger partial charge in [-0.25, -0.2) is 4.79 Å². The molecule has 2 aliphatic carbocycles. The highest BCUT2D eigenvalue weighted by molar-refractivity contribution is 5.94. The van der Waals surface area contributed by atoms with Gasteiger partial charge in [-0.2, -0.15) is 0 Å². The molecule has 20 heavy (non-hydrogen) atoms. The third-order valence-corrected chi connectivity index (χ3v) is 4.43. The number of allylic oxidation sites excluding steroid dienone is 1. The molecule has 1 atom stereocenters. The number of epoxide rings is 2. The predicted molar refractivity (Wildman–Crippen MR) is 67.1 cm³/mol. The Morgan fingerprint density at radius 2 is 2.05 bits per heavy atom. The number of carbonyl (C=O) groups is 1. The number of esters is 1. The van der Waals surface area contributed by atoms with Crippen LogP contribution in [0.25, 0.3) is 12.3 Å². The fraction of sp³-hybridized carbons (Fsp3) is 0.0625. The van der Waals surface area contributed by atoms with Gasteiger partial charge in [0.2, 0.25) is 11.4 Å². The fourth-order valence-corrected chi connectivity index (χ4v) is 3.38. The van der Waals surface area contributed by atoms with E-state index in [1.807, 2.05) is 30.4 Å². The van der Waals surface area contributed by atoms with Crippen molar-refractivity contribution in [3.05, 3.63) is 68.7 Å². The summed E-state index contributed by atoms with van der Waals surface area (Å²) in [4.78, 5) is 11.6. The standard InChI is InChI=1S/C16H6O4/c17-15-9-3-4-11-8(10(9)6-18-15)2-1-7-5-12-13(19-12)14-16(7,11)20-14/h1-6H/t16-/m1/s1. The van der Waals surface area contributed by atoms with E-state index in [0.29, 0.717) is 5.56 Å². The molecule has 5 aliphatic rings. The third kappa shape index (κ3) is 0.774. The Morgan fingerprint density at radius 1 is 1.10 bits per heavy atom. The third-order valence-electron chi connectivity index (χ3n) is 4.43. The van der Waals surface area contributed by atoms with Gasteiger partial charge in [0.05, 0.1) is 5.56 Å². The largest absolute Gasteiger partial charge is 0.465 e. The highest BCUT2D eigenvalue weighted by Crippen LogP contribution is 2.64. The predicted octanol–water partition coefficient (Wildman–Crippen LogP) is 0.680.